The lowest BCUT2D eigenvalue weighted by Crippen LogP contribution is -2.46. The molecule has 0 aliphatic heterocycles. The molecule has 1 atom stereocenters. The van der Waals surface area contributed by atoms with Crippen molar-refractivity contribution < 1.29 is 31.9 Å². The fraction of sp³-hybridized carbons (Fsp3) is 0.333. The Kier molecular flexibility index (Phi) is 9.95. The van der Waals surface area contributed by atoms with Gasteiger partial charge in [-0.25, -0.2) is 12.8 Å². The molecule has 2 aromatic carbocycles. The van der Waals surface area contributed by atoms with E-state index < -0.39 is 38.6 Å². The van der Waals surface area contributed by atoms with E-state index in [0.29, 0.717) is 22.8 Å². The summed E-state index contributed by atoms with van der Waals surface area (Å²) < 4.78 is 52.1. The molecule has 0 aliphatic carbocycles. The number of carbonyl (C=O) groups excluding carboxylic acids is 2. The van der Waals surface area contributed by atoms with Crippen molar-refractivity contribution >= 4 is 33.6 Å². The molecule has 2 aromatic rings. The van der Waals surface area contributed by atoms with Gasteiger partial charge >= 0.3 is 0 Å². The van der Waals surface area contributed by atoms with Gasteiger partial charge in [-0.3, -0.25) is 9.59 Å². The van der Waals surface area contributed by atoms with Crippen LogP contribution in [0.4, 0.5) is 4.39 Å². The summed E-state index contributed by atoms with van der Waals surface area (Å²) in [4.78, 5) is 23.1. The number of rotatable bonds is 13. The molecule has 2 amide bonds. The van der Waals surface area contributed by atoms with Crippen molar-refractivity contribution in [2.45, 2.75) is 23.9 Å². The quantitative estimate of drug-likeness (QED) is 0.379. The predicted molar refractivity (Wildman–Crippen MR) is 123 cm³/mol. The number of thioether (sulfide) groups is 1. The summed E-state index contributed by atoms with van der Waals surface area (Å²) in [5, 5.41) is 2.68. The van der Waals surface area contributed by atoms with Crippen LogP contribution < -0.4 is 25.2 Å². The number of benzene rings is 2. The zero-order valence-corrected chi connectivity index (χ0v) is 19.8. The molecule has 12 heteroatoms. The second kappa shape index (κ2) is 12.4. The lowest BCUT2D eigenvalue weighted by atomic mass is 10.2. The van der Waals surface area contributed by atoms with Gasteiger partial charge in [-0.1, -0.05) is 18.2 Å². The smallest absolute Gasteiger partial charge is 0.255 e. The Bertz CT molecular complexity index is 1080. The standard InChI is InChI=1S/C21H26FN3O6S2/c1-30-18-11-14(7-8-17(18)31-13-20(23)26)12-24-21(27)16(9-10-32-2)25-33(28,29)19-6-4-3-5-15(19)22/h3-8,11,16,25H,9-10,12-13H2,1-2H3,(H2,23,26)(H,24,27). The summed E-state index contributed by atoms with van der Waals surface area (Å²) >= 11 is 1.45. The van der Waals surface area contributed by atoms with Gasteiger partial charge in [0, 0.05) is 6.54 Å². The monoisotopic (exact) mass is 499 g/mol. The Morgan fingerprint density at radius 1 is 1.18 bits per heavy atom. The Morgan fingerprint density at radius 2 is 1.91 bits per heavy atom. The SMILES string of the molecule is COc1cc(CNC(=O)C(CCSC)NS(=O)(=O)c2ccccc2F)ccc1OCC(N)=O. The molecule has 0 aromatic heterocycles. The molecule has 0 bridgehead atoms. The summed E-state index contributed by atoms with van der Waals surface area (Å²) in [5.41, 5.74) is 5.72. The van der Waals surface area contributed by atoms with Crippen LogP contribution in [-0.2, 0) is 26.2 Å². The Balaban J connectivity index is 2.11. The second-order valence-electron chi connectivity index (χ2n) is 6.84. The number of hydrogen-bond acceptors (Lipinski definition) is 7. The van der Waals surface area contributed by atoms with E-state index in [9.17, 15) is 22.4 Å². The van der Waals surface area contributed by atoms with Crippen molar-refractivity contribution in [3.63, 3.8) is 0 Å². The lowest BCUT2D eigenvalue weighted by molar-refractivity contribution is -0.123. The average Bonchev–Trinajstić information content (AvgIpc) is 2.79. The Hall–Kier alpha value is -2.83. The summed E-state index contributed by atoms with van der Waals surface area (Å²) in [5.74, 6) is -0.944. The zero-order chi connectivity index (χ0) is 24.4. The van der Waals surface area contributed by atoms with Gasteiger partial charge < -0.3 is 20.5 Å². The van der Waals surface area contributed by atoms with E-state index >= 15 is 0 Å². The lowest BCUT2D eigenvalue weighted by Gasteiger charge is -2.19. The molecule has 9 nitrogen and oxygen atoms in total. The molecular formula is C21H26FN3O6S2. The molecule has 4 N–H and O–H groups in total. The summed E-state index contributed by atoms with van der Waals surface area (Å²) in [7, 11) is -2.83. The fourth-order valence-corrected chi connectivity index (χ4v) is 4.58. The number of hydrogen-bond donors (Lipinski definition) is 3. The van der Waals surface area contributed by atoms with E-state index in [0.717, 1.165) is 12.1 Å². The molecule has 180 valence electrons. The third kappa shape index (κ3) is 7.91. The minimum atomic E-state index is -4.25. The van der Waals surface area contributed by atoms with Crippen LogP contribution in [0.3, 0.4) is 0 Å². The molecule has 33 heavy (non-hydrogen) atoms. The number of sulfonamides is 1. The van der Waals surface area contributed by atoms with Gasteiger partial charge in [-0.05, 0) is 48.3 Å². The van der Waals surface area contributed by atoms with E-state index in [1.807, 2.05) is 6.26 Å². The number of amides is 2. The molecule has 0 radical (unpaired) electrons. The maximum Gasteiger partial charge on any atom is 0.255 e. The molecule has 0 heterocycles. The van der Waals surface area contributed by atoms with E-state index in [2.05, 4.69) is 10.0 Å². The van der Waals surface area contributed by atoms with Crippen LogP contribution in [0.25, 0.3) is 0 Å². The van der Waals surface area contributed by atoms with E-state index in [1.54, 1.807) is 18.2 Å². The third-order valence-electron chi connectivity index (χ3n) is 4.42. The van der Waals surface area contributed by atoms with Crippen LogP contribution in [0.5, 0.6) is 11.5 Å². The molecule has 1 unspecified atom stereocenters. The Morgan fingerprint density at radius 3 is 2.55 bits per heavy atom. The van der Waals surface area contributed by atoms with Crippen molar-refractivity contribution in [1.29, 1.82) is 0 Å². The largest absolute Gasteiger partial charge is 0.493 e. The van der Waals surface area contributed by atoms with Gasteiger partial charge in [0.25, 0.3) is 5.91 Å². The number of methoxy groups -OCH3 is 1. The van der Waals surface area contributed by atoms with Gasteiger partial charge in [0.05, 0.1) is 7.11 Å². The van der Waals surface area contributed by atoms with Crippen molar-refractivity contribution in [3.05, 3.63) is 53.8 Å². The highest BCUT2D eigenvalue weighted by molar-refractivity contribution is 7.98. The van der Waals surface area contributed by atoms with Crippen LogP contribution in [-0.4, -0.2) is 52.0 Å². The maximum atomic E-state index is 14.0. The van der Waals surface area contributed by atoms with E-state index in [4.69, 9.17) is 15.2 Å². The maximum absolute atomic E-state index is 14.0. The van der Waals surface area contributed by atoms with Gasteiger partial charge in [-0.15, -0.1) is 0 Å². The highest BCUT2D eigenvalue weighted by Crippen LogP contribution is 2.28. The molecular weight excluding hydrogens is 473 g/mol. The summed E-state index contributed by atoms with van der Waals surface area (Å²) in [6, 6.07) is 8.68. The van der Waals surface area contributed by atoms with Crippen molar-refractivity contribution in [2.75, 3.05) is 25.7 Å². The van der Waals surface area contributed by atoms with Gasteiger partial charge in [0.1, 0.15) is 16.8 Å². The van der Waals surface area contributed by atoms with E-state index in [1.165, 1.54) is 31.0 Å². The normalized spacial score (nSPS) is 12.1. The topological polar surface area (TPSA) is 137 Å². The fourth-order valence-electron chi connectivity index (χ4n) is 2.80. The number of nitrogens with one attached hydrogen (secondary N) is 2. The number of halogens is 1. The Labute approximate surface area is 196 Å². The highest BCUT2D eigenvalue weighted by atomic mass is 32.2. The van der Waals surface area contributed by atoms with Crippen molar-refractivity contribution in [3.8, 4) is 11.5 Å². The molecule has 0 aliphatic rings. The van der Waals surface area contributed by atoms with Crippen LogP contribution in [0.15, 0.2) is 47.4 Å². The molecule has 0 spiro atoms. The third-order valence-corrected chi connectivity index (χ3v) is 6.56. The number of nitrogens with two attached hydrogens (primary N) is 1. The first-order valence-electron chi connectivity index (χ1n) is 9.79. The summed E-state index contributed by atoms with van der Waals surface area (Å²) in [6.45, 7) is -0.242. The minimum absolute atomic E-state index is 0.0719. The zero-order valence-electron chi connectivity index (χ0n) is 18.2. The minimum Gasteiger partial charge on any atom is -0.493 e. The first kappa shape index (κ1) is 26.4. The average molecular weight is 500 g/mol. The number of ether oxygens (including phenoxy) is 2. The molecule has 0 fully saturated rings. The van der Waals surface area contributed by atoms with Gasteiger partial charge in [-0.2, -0.15) is 16.5 Å². The first-order valence-corrected chi connectivity index (χ1v) is 12.7. The number of primary amides is 1. The van der Waals surface area contributed by atoms with Crippen molar-refractivity contribution in [2.24, 2.45) is 5.73 Å². The van der Waals surface area contributed by atoms with Gasteiger partial charge in [0.15, 0.2) is 18.1 Å². The van der Waals surface area contributed by atoms with Crippen LogP contribution in [0.1, 0.15) is 12.0 Å². The molecule has 0 saturated carbocycles. The molecule has 2 rings (SSSR count). The summed E-state index contributed by atoms with van der Waals surface area (Å²) in [6.07, 6.45) is 2.04. The van der Waals surface area contributed by atoms with E-state index in [-0.39, 0.29) is 19.6 Å². The highest BCUT2D eigenvalue weighted by Gasteiger charge is 2.27. The first-order chi connectivity index (χ1) is 15.7. The molecule has 0 saturated heterocycles. The van der Waals surface area contributed by atoms with Crippen LogP contribution in [0.2, 0.25) is 0 Å². The van der Waals surface area contributed by atoms with Crippen LogP contribution >= 0.6 is 11.8 Å². The predicted octanol–water partition coefficient (Wildman–Crippen LogP) is 1.41. The van der Waals surface area contributed by atoms with Crippen molar-refractivity contribution in [1.82, 2.24) is 10.0 Å². The van der Waals surface area contributed by atoms with Crippen LogP contribution in [0, 0.1) is 5.82 Å². The second-order valence-corrected chi connectivity index (χ2v) is 9.51. The van der Waals surface area contributed by atoms with Gasteiger partial charge in [0.2, 0.25) is 15.9 Å². The number of carbonyl (C=O) groups is 2.